The molecule has 1 aromatic heterocycles. The molecule has 0 bridgehead atoms. The Morgan fingerprint density at radius 1 is 0.933 bits per heavy atom. The number of rotatable bonds is 2. The first kappa shape index (κ1) is 9.30. The van der Waals surface area contributed by atoms with Gasteiger partial charge >= 0.3 is 0 Å². The van der Waals surface area contributed by atoms with Gasteiger partial charge in [0.15, 0.2) is 0 Å². The van der Waals surface area contributed by atoms with E-state index in [4.69, 9.17) is 4.42 Å². The van der Waals surface area contributed by atoms with Crippen molar-refractivity contribution in [2.24, 2.45) is 0 Å². The monoisotopic (exact) mass is 208 g/mol. The van der Waals surface area contributed by atoms with E-state index in [9.17, 15) is 0 Å². The number of nitrogens with zero attached hydrogens (tertiary/aromatic N) is 2. The molecule has 82 valence electrons. The van der Waals surface area contributed by atoms with Gasteiger partial charge in [0.05, 0.1) is 12.1 Å². The highest BCUT2D eigenvalue weighted by molar-refractivity contribution is 4.97. The van der Waals surface area contributed by atoms with E-state index in [1.54, 1.807) is 0 Å². The number of hydrogen-bond acceptors (Lipinski definition) is 5. The predicted molar refractivity (Wildman–Crippen MR) is 54.3 cm³/mol. The first-order chi connectivity index (χ1) is 7.43. The summed E-state index contributed by atoms with van der Waals surface area (Å²) in [6.45, 7) is 2.12. The van der Waals surface area contributed by atoms with Crippen LogP contribution in [0.15, 0.2) is 4.42 Å². The van der Waals surface area contributed by atoms with Gasteiger partial charge < -0.3 is 15.1 Å². The van der Waals surface area contributed by atoms with Crippen LogP contribution in [0.5, 0.6) is 0 Å². The van der Waals surface area contributed by atoms with E-state index in [1.165, 1.54) is 12.8 Å². The first-order valence-electron chi connectivity index (χ1n) is 5.73. The van der Waals surface area contributed by atoms with Crippen molar-refractivity contribution in [3.63, 3.8) is 0 Å². The molecule has 15 heavy (non-hydrogen) atoms. The molecule has 0 spiro atoms. The normalized spacial score (nSPS) is 31.2. The van der Waals surface area contributed by atoms with E-state index in [2.05, 4.69) is 20.8 Å². The van der Waals surface area contributed by atoms with Crippen LogP contribution in [0.4, 0.5) is 0 Å². The third kappa shape index (κ3) is 1.77. The number of hydrogen-bond donors (Lipinski definition) is 2. The van der Waals surface area contributed by atoms with E-state index in [0.717, 1.165) is 37.7 Å². The minimum absolute atomic E-state index is 0.285. The van der Waals surface area contributed by atoms with E-state index < -0.39 is 0 Å². The Balaban J connectivity index is 1.74. The fourth-order valence-corrected chi connectivity index (χ4v) is 2.32. The third-order valence-electron chi connectivity index (χ3n) is 3.17. The van der Waals surface area contributed by atoms with Gasteiger partial charge in [0.2, 0.25) is 11.8 Å². The van der Waals surface area contributed by atoms with Crippen LogP contribution in [0.1, 0.15) is 49.5 Å². The molecule has 0 saturated carbocycles. The molecule has 0 radical (unpaired) electrons. The van der Waals surface area contributed by atoms with Gasteiger partial charge in [-0.15, -0.1) is 10.2 Å². The highest BCUT2D eigenvalue weighted by Crippen LogP contribution is 2.26. The van der Waals surface area contributed by atoms with E-state index in [-0.39, 0.29) is 12.1 Å². The summed E-state index contributed by atoms with van der Waals surface area (Å²) in [5, 5.41) is 15.0. The minimum Gasteiger partial charge on any atom is -0.422 e. The Hall–Kier alpha value is -0.940. The summed E-state index contributed by atoms with van der Waals surface area (Å²) in [4.78, 5) is 0. The zero-order chi connectivity index (χ0) is 10.1. The van der Waals surface area contributed by atoms with Crippen LogP contribution in [0.25, 0.3) is 0 Å². The molecule has 5 nitrogen and oxygen atoms in total. The average Bonchev–Trinajstić information content (AvgIpc) is 3.02. The van der Waals surface area contributed by atoms with Gasteiger partial charge in [0.25, 0.3) is 0 Å². The Labute approximate surface area is 88.6 Å². The molecule has 2 aliphatic heterocycles. The van der Waals surface area contributed by atoms with Gasteiger partial charge in [-0.25, -0.2) is 0 Å². The molecule has 0 aliphatic carbocycles. The average molecular weight is 208 g/mol. The zero-order valence-corrected chi connectivity index (χ0v) is 8.70. The molecule has 0 unspecified atom stereocenters. The lowest BCUT2D eigenvalue weighted by molar-refractivity contribution is 0.372. The summed E-state index contributed by atoms with van der Waals surface area (Å²) in [7, 11) is 0. The summed E-state index contributed by atoms with van der Waals surface area (Å²) >= 11 is 0. The van der Waals surface area contributed by atoms with Crippen molar-refractivity contribution in [2.45, 2.75) is 37.8 Å². The summed E-state index contributed by atoms with van der Waals surface area (Å²) in [6.07, 6.45) is 4.62. The molecule has 1 aromatic rings. The molecule has 0 amide bonds. The maximum absolute atomic E-state index is 5.70. The summed E-state index contributed by atoms with van der Waals surface area (Å²) < 4.78 is 5.70. The van der Waals surface area contributed by atoms with Crippen LogP contribution in [-0.2, 0) is 0 Å². The minimum atomic E-state index is 0.285. The van der Waals surface area contributed by atoms with Crippen molar-refractivity contribution < 1.29 is 4.42 Å². The molecular formula is C10H16N4O. The fraction of sp³-hybridized carbons (Fsp3) is 0.800. The van der Waals surface area contributed by atoms with Crippen molar-refractivity contribution >= 4 is 0 Å². The Morgan fingerprint density at radius 2 is 1.47 bits per heavy atom. The van der Waals surface area contributed by atoms with E-state index in [1.807, 2.05) is 0 Å². The second kappa shape index (κ2) is 3.90. The molecule has 2 atom stereocenters. The van der Waals surface area contributed by atoms with Gasteiger partial charge in [-0.3, -0.25) is 0 Å². The van der Waals surface area contributed by atoms with Crippen LogP contribution >= 0.6 is 0 Å². The van der Waals surface area contributed by atoms with Gasteiger partial charge in [-0.2, -0.15) is 0 Å². The number of nitrogens with one attached hydrogen (secondary N) is 2. The fourth-order valence-electron chi connectivity index (χ4n) is 2.32. The largest absolute Gasteiger partial charge is 0.422 e. The van der Waals surface area contributed by atoms with Gasteiger partial charge in [-0.1, -0.05) is 0 Å². The standard InChI is InChI=1S/C10H16N4O/c1-3-7(11-5-1)9-13-14-10(15-9)8-4-2-6-12-8/h7-8,11-12H,1-6H2/t7-,8-/m0/s1. The molecule has 3 heterocycles. The smallest absolute Gasteiger partial charge is 0.233 e. The maximum atomic E-state index is 5.70. The van der Waals surface area contributed by atoms with Crippen molar-refractivity contribution in [3.05, 3.63) is 11.8 Å². The van der Waals surface area contributed by atoms with Crippen molar-refractivity contribution in [2.75, 3.05) is 13.1 Å². The van der Waals surface area contributed by atoms with Gasteiger partial charge in [0.1, 0.15) is 0 Å². The zero-order valence-electron chi connectivity index (χ0n) is 8.70. The third-order valence-corrected chi connectivity index (χ3v) is 3.17. The molecule has 2 saturated heterocycles. The lowest BCUT2D eigenvalue weighted by Gasteiger charge is -2.04. The van der Waals surface area contributed by atoms with Gasteiger partial charge in [-0.05, 0) is 38.8 Å². The highest BCUT2D eigenvalue weighted by Gasteiger charge is 2.26. The first-order valence-corrected chi connectivity index (χ1v) is 5.73. The lowest BCUT2D eigenvalue weighted by atomic mass is 10.2. The van der Waals surface area contributed by atoms with Crippen LogP contribution in [0, 0.1) is 0 Å². The van der Waals surface area contributed by atoms with Crippen molar-refractivity contribution in [3.8, 4) is 0 Å². The van der Waals surface area contributed by atoms with Crippen molar-refractivity contribution in [1.82, 2.24) is 20.8 Å². The van der Waals surface area contributed by atoms with Crippen LogP contribution < -0.4 is 10.6 Å². The van der Waals surface area contributed by atoms with Crippen LogP contribution in [0.2, 0.25) is 0 Å². The predicted octanol–water partition coefficient (Wildman–Crippen LogP) is 0.919. The lowest BCUT2D eigenvalue weighted by Crippen LogP contribution is -2.13. The molecule has 2 N–H and O–H groups in total. The second-order valence-electron chi connectivity index (χ2n) is 4.28. The maximum Gasteiger partial charge on any atom is 0.233 e. The van der Waals surface area contributed by atoms with Crippen LogP contribution in [0.3, 0.4) is 0 Å². The Bertz CT molecular complexity index is 295. The van der Waals surface area contributed by atoms with E-state index in [0.29, 0.717) is 0 Å². The topological polar surface area (TPSA) is 63.0 Å². The SMILES string of the molecule is C1CN[C@H](c2nnc([C@@H]3CCCN3)o2)C1. The van der Waals surface area contributed by atoms with Crippen molar-refractivity contribution in [1.29, 1.82) is 0 Å². The quantitative estimate of drug-likeness (QED) is 0.756. The van der Waals surface area contributed by atoms with E-state index >= 15 is 0 Å². The summed E-state index contributed by atoms with van der Waals surface area (Å²) in [6, 6.07) is 0.570. The molecular weight excluding hydrogens is 192 g/mol. The number of aromatic nitrogens is 2. The molecule has 3 rings (SSSR count). The Morgan fingerprint density at radius 3 is 1.87 bits per heavy atom. The summed E-state index contributed by atoms with van der Waals surface area (Å²) in [5.41, 5.74) is 0. The van der Waals surface area contributed by atoms with Gasteiger partial charge in [0, 0.05) is 0 Å². The molecule has 2 fully saturated rings. The highest BCUT2D eigenvalue weighted by atomic mass is 16.4. The molecule has 5 heteroatoms. The summed E-state index contributed by atoms with van der Waals surface area (Å²) in [5.74, 6) is 1.52. The van der Waals surface area contributed by atoms with Crippen LogP contribution in [-0.4, -0.2) is 23.3 Å². The Kier molecular flexibility index (Phi) is 2.42. The molecule has 2 aliphatic rings. The molecule has 0 aromatic carbocycles. The second-order valence-corrected chi connectivity index (χ2v) is 4.28.